The zero-order chi connectivity index (χ0) is 12.2. The lowest BCUT2D eigenvalue weighted by Gasteiger charge is -2.33. The fourth-order valence-corrected chi connectivity index (χ4v) is 4.12. The number of alkyl halides is 2. The van der Waals surface area contributed by atoms with Crippen LogP contribution in [0.2, 0.25) is 0 Å². The van der Waals surface area contributed by atoms with Crippen LogP contribution in [0.5, 0.6) is 0 Å². The summed E-state index contributed by atoms with van der Waals surface area (Å²) in [5.41, 5.74) is 1.26. The topological polar surface area (TPSA) is 32.3 Å². The maximum atomic E-state index is 13.6. The first kappa shape index (κ1) is 11.4. The number of nitrogens with one attached hydrogen (secondary N) is 1. The molecule has 0 unspecified atom stereocenters. The van der Waals surface area contributed by atoms with Crippen molar-refractivity contribution in [1.29, 1.82) is 0 Å². The second kappa shape index (κ2) is 3.65. The summed E-state index contributed by atoms with van der Waals surface area (Å²) in [7, 11) is 0. The number of rotatable bonds is 0. The van der Waals surface area contributed by atoms with E-state index in [-0.39, 0.29) is 18.9 Å². The van der Waals surface area contributed by atoms with Gasteiger partial charge in [0, 0.05) is 25.1 Å². The molecule has 3 rings (SSSR count). The molecular weight excluding hydrogens is 314 g/mol. The van der Waals surface area contributed by atoms with Gasteiger partial charge < -0.3 is 10.2 Å². The third-order valence-electron chi connectivity index (χ3n) is 2.98. The molecule has 1 aromatic heterocycles. The molecule has 1 N–H and O–H groups in total. The normalized spacial score (nSPS) is 21.8. The smallest absolute Gasteiger partial charge is 0.269 e. The number of anilines is 1. The summed E-state index contributed by atoms with van der Waals surface area (Å²) < 4.78 is 27.8. The highest BCUT2D eigenvalue weighted by Gasteiger charge is 2.43. The minimum absolute atomic E-state index is 0.162. The first-order valence-corrected chi connectivity index (χ1v) is 6.81. The number of hydrogen-bond donors (Lipinski definition) is 1. The van der Waals surface area contributed by atoms with Crippen molar-refractivity contribution in [2.45, 2.75) is 12.3 Å². The third kappa shape index (κ3) is 1.76. The van der Waals surface area contributed by atoms with E-state index < -0.39 is 5.92 Å². The van der Waals surface area contributed by atoms with E-state index in [1.165, 1.54) is 11.3 Å². The van der Waals surface area contributed by atoms with Gasteiger partial charge in [-0.15, -0.1) is 11.3 Å². The molecule has 0 aromatic carbocycles. The SMILES string of the molecule is O=C1NCCN2CC(F)(F)Cc3c(Br)sc1c32. The molecule has 7 heteroatoms. The summed E-state index contributed by atoms with van der Waals surface area (Å²) in [6, 6.07) is 0. The van der Waals surface area contributed by atoms with Crippen LogP contribution in [-0.4, -0.2) is 31.5 Å². The van der Waals surface area contributed by atoms with E-state index in [1.807, 2.05) is 0 Å². The molecule has 3 heterocycles. The summed E-state index contributed by atoms with van der Waals surface area (Å²) in [6.45, 7) is 0.545. The van der Waals surface area contributed by atoms with Gasteiger partial charge in [0.15, 0.2) is 0 Å². The molecule has 2 aliphatic rings. The Bertz CT molecular complexity index is 503. The number of hydrogen-bond acceptors (Lipinski definition) is 3. The molecule has 1 aromatic rings. The van der Waals surface area contributed by atoms with Crippen molar-refractivity contribution in [3.8, 4) is 0 Å². The van der Waals surface area contributed by atoms with E-state index >= 15 is 0 Å². The van der Waals surface area contributed by atoms with Gasteiger partial charge in [-0.05, 0) is 15.9 Å². The second-order valence-electron chi connectivity index (χ2n) is 4.24. The van der Waals surface area contributed by atoms with Gasteiger partial charge in [0.25, 0.3) is 11.8 Å². The largest absolute Gasteiger partial charge is 0.362 e. The number of amides is 1. The number of thiophene rings is 1. The fraction of sp³-hybridized carbons (Fsp3) is 0.500. The highest BCUT2D eigenvalue weighted by atomic mass is 79.9. The van der Waals surface area contributed by atoms with Crippen LogP contribution in [0.3, 0.4) is 0 Å². The molecule has 92 valence electrons. The molecular formula is C10H9BrF2N2OS. The molecule has 2 aliphatic heterocycles. The van der Waals surface area contributed by atoms with Gasteiger partial charge in [-0.25, -0.2) is 8.78 Å². The van der Waals surface area contributed by atoms with E-state index in [0.29, 0.717) is 33.0 Å². The molecule has 0 radical (unpaired) electrons. The Morgan fingerprint density at radius 1 is 1.47 bits per heavy atom. The van der Waals surface area contributed by atoms with Gasteiger partial charge in [0.1, 0.15) is 4.88 Å². The number of carbonyl (C=O) groups excluding carboxylic acids is 1. The molecule has 17 heavy (non-hydrogen) atoms. The number of nitrogens with zero attached hydrogens (tertiary/aromatic N) is 1. The van der Waals surface area contributed by atoms with Crippen LogP contribution in [0.15, 0.2) is 3.79 Å². The van der Waals surface area contributed by atoms with Crippen molar-refractivity contribution in [2.24, 2.45) is 0 Å². The van der Waals surface area contributed by atoms with Crippen LogP contribution in [0, 0.1) is 0 Å². The molecule has 0 atom stereocenters. The summed E-state index contributed by atoms with van der Waals surface area (Å²) in [5, 5.41) is 2.72. The van der Waals surface area contributed by atoms with Crippen LogP contribution >= 0.6 is 27.3 Å². The lowest BCUT2D eigenvalue weighted by molar-refractivity contribution is 0.00553. The number of halogens is 3. The Balaban J connectivity index is 2.19. The van der Waals surface area contributed by atoms with E-state index in [2.05, 4.69) is 21.2 Å². The predicted molar refractivity (Wildman–Crippen MR) is 65.2 cm³/mol. The maximum Gasteiger partial charge on any atom is 0.269 e. The van der Waals surface area contributed by atoms with Crippen LogP contribution in [-0.2, 0) is 6.42 Å². The quantitative estimate of drug-likeness (QED) is 0.794. The first-order valence-electron chi connectivity index (χ1n) is 5.20. The lowest BCUT2D eigenvalue weighted by Crippen LogP contribution is -2.44. The average molecular weight is 323 g/mol. The Kier molecular flexibility index (Phi) is 2.45. The predicted octanol–water partition coefficient (Wildman–Crippen LogP) is 2.25. The van der Waals surface area contributed by atoms with Gasteiger partial charge >= 0.3 is 0 Å². The molecule has 0 aliphatic carbocycles. The summed E-state index contributed by atoms with van der Waals surface area (Å²) in [5.74, 6) is -2.88. The molecule has 0 saturated heterocycles. The lowest BCUT2D eigenvalue weighted by atomic mass is 10.0. The monoisotopic (exact) mass is 322 g/mol. The van der Waals surface area contributed by atoms with E-state index in [0.717, 1.165) is 0 Å². The Morgan fingerprint density at radius 3 is 3.00 bits per heavy atom. The summed E-state index contributed by atoms with van der Waals surface area (Å²) in [6.07, 6.45) is -0.288. The van der Waals surface area contributed by atoms with Gasteiger partial charge in [0.2, 0.25) is 0 Å². The van der Waals surface area contributed by atoms with Crippen molar-refractivity contribution in [2.75, 3.05) is 24.5 Å². The Labute approximate surface area is 109 Å². The zero-order valence-corrected chi connectivity index (χ0v) is 11.1. The van der Waals surface area contributed by atoms with Crippen molar-refractivity contribution in [3.05, 3.63) is 14.2 Å². The van der Waals surface area contributed by atoms with Crippen LogP contribution in [0.25, 0.3) is 0 Å². The van der Waals surface area contributed by atoms with Gasteiger partial charge in [-0.1, -0.05) is 0 Å². The molecule has 0 bridgehead atoms. The van der Waals surface area contributed by atoms with E-state index in [4.69, 9.17) is 0 Å². The van der Waals surface area contributed by atoms with E-state index in [1.54, 1.807) is 4.90 Å². The van der Waals surface area contributed by atoms with Gasteiger partial charge in [-0.2, -0.15) is 0 Å². The van der Waals surface area contributed by atoms with Crippen LogP contribution < -0.4 is 10.2 Å². The second-order valence-corrected chi connectivity index (χ2v) is 6.58. The number of carbonyl (C=O) groups is 1. The molecule has 0 fully saturated rings. The Hall–Kier alpha value is -0.690. The molecule has 0 saturated carbocycles. The maximum absolute atomic E-state index is 13.6. The minimum Gasteiger partial charge on any atom is -0.362 e. The minimum atomic E-state index is -2.72. The van der Waals surface area contributed by atoms with Crippen molar-refractivity contribution < 1.29 is 13.6 Å². The average Bonchev–Trinajstić information content (AvgIpc) is 2.46. The highest BCUT2D eigenvalue weighted by Crippen LogP contribution is 2.46. The summed E-state index contributed by atoms with van der Waals surface area (Å²) >= 11 is 4.52. The van der Waals surface area contributed by atoms with Crippen LogP contribution in [0.1, 0.15) is 15.2 Å². The first-order chi connectivity index (χ1) is 7.98. The Morgan fingerprint density at radius 2 is 2.24 bits per heavy atom. The van der Waals surface area contributed by atoms with Gasteiger partial charge in [-0.3, -0.25) is 4.79 Å². The molecule has 0 spiro atoms. The highest BCUT2D eigenvalue weighted by molar-refractivity contribution is 9.11. The van der Waals surface area contributed by atoms with E-state index in [9.17, 15) is 13.6 Å². The summed E-state index contributed by atoms with van der Waals surface area (Å²) in [4.78, 5) is 13.9. The van der Waals surface area contributed by atoms with Gasteiger partial charge in [0.05, 0.1) is 16.0 Å². The molecule has 1 amide bonds. The van der Waals surface area contributed by atoms with Crippen molar-refractivity contribution in [3.63, 3.8) is 0 Å². The third-order valence-corrected chi connectivity index (χ3v) is 4.95. The van der Waals surface area contributed by atoms with Crippen molar-refractivity contribution >= 4 is 38.9 Å². The molecule has 3 nitrogen and oxygen atoms in total. The van der Waals surface area contributed by atoms with Crippen LogP contribution in [0.4, 0.5) is 14.5 Å². The van der Waals surface area contributed by atoms with Crippen molar-refractivity contribution in [1.82, 2.24) is 5.32 Å². The zero-order valence-electron chi connectivity index (χ0n) is 8.73. The fourth-order valence-electron chi connectivity index (χ4n) is 2.32. The standard InChI is InChI=1S/C10H9BrF2N2OS/c11-8-5-3-10(12,13)4-15-2-1-14-9(16)7(17-8)6(5)15/h1-4H2,(H,14,16).